The number of amides is 1. The highest BCUT2D eigenvalue weighted by Crippen LogP contribution is 2.24. The van der Waals surface area contributed by atoms with Gasteiger partial charge in [0.2, 0.25) is 0 Å². The second kappa shape index (κ2) is 7.66. The van der Waals surface area contributed by atoms with E-state index in [0.717, 1.165) is 16.9 Å². The molecule has 4 rings (SSSR count). The molecule has 0 aliphatic rings. The fourth-order valence-corrected chi connectivity index (χ4v) is 3.67. The molecule has 2 aromatic heterocycles. The fraction of sp³-hybridized carbons (Fsp3) is 0.0952. The summed E-state index contributed by atoms with van der Waals surface area (Å²) in [6.07, 6.45) is 2.95. The van der Waals surface area contributed by atoms with Crippen LogP contribution in [0.2, 0.25) is 0 Å². The first-order valence-electron chi connectivity index (χ1n) is 8.62. The first kappa shape index (κ1) is 17.9. The Morgan fingerprint density at radius 3 is 2.54 bits per heavy atom. The second-order valence-corrected chi connectivity index (χ2v) is 7.00. The van der Waals surface area contributed by atoms with E-state index in [-0.39, 0.29) is 11.1 Å². The zero-order chi connectivity index (χ0) is 19.5. The number of benzene rings is 2. The SMILES string of the molecule is COc1ccc(C(NC(=O)c2cnc3sccn3c2=O)c2ccccc2)cc1. The molecule has 4 aromatic rings. The van der Waals surface area contributed by atoms with E-state index in [0.29, 0.717) is 4.96 Å². The Morgan fingerprint density at radius 2 is 1.82 bits per heavy atom. The van der Waals surface area contributed by atoms with Crippen molar-refractivity contribution in [2.24, 2.45) is 0 Å². The maximum atomic E-state index is 12.9. The number of fused-ring (bicyclic) bond motifs is 1. The second-order valence-electron chi connectivity index (χ2n) is 6.12. The molecule has 1 N–H and O–H groups in total. The van der Waals surface area contributed by atoms with Crippen LogP contribution in [0.4, 0.5) is 0 Å². The standard InChI is InChI=1S/C21H17N3O3S/c1-27-16-9-7-15(8-10-16)18(14-5-3-2-4-6-14)23-19(25)17-13-22-21-24(20(17)26)11-12-28-21/h2-13,18H,1H3,(H,23,25). The molecular weight excluding hydrogens is 374 g/mol. The summed E-state index contributed by atoms with van der Waals surface area (Å²) in [6, 6.07) is 16.6. The average Bonchev–Trinajstić information content (AvgIpc) is 3.23. The summed E-state index contributed by atoms with van der Waals surface area (Å²) in [6.45, 7) is 0. The normalized spacial score (nSPS) is 11.9. The molecule has 0 aliphatic carbocycles. The van der Waals surface area contributed by atoms with Gasteiger partial charge in [0, 0.05) is 17.8 Å². The molecule has 1 atom stereocenters. The number of methoxy groups -OCH3 is 1. The minimum Gasteiger partial charge on any atom is -0.497 e. The Morgan fingerprint density at radius 1 is 1.11 bits per heavy atom. The molecule has 2 heterocycles. The third kappa shape index (κ3) is 3.39. The van der Waals surface area contributed by atoms with Gasteiger partial charge in [0.05, 0.1) is 13.2 Å². The first-order valence-corrected chi connectivity index (χ1v) is 9.50. The van der Waals surface area contributed by atoms with Gasteiger partial charge in [-0.15, -0.1) is 11.3 Å². The lowest BCUT2D eigenvalue weighted by Gasteiger charge is -2.20. The van der Waals surface area contributed by atoms with Crippen LogP contribution in [0.1, 0.15) is 27.5 Å². The number of hydrogen-bond acceptors (Lipinski definition) is 5. The molecule has 0 radical (unpaired) electrons. The van der Waals surface area contributed by atoms with Crippen LogP contribution in [-0.4, -0.2) is 22.4 Å². The third-order valence-corrected chi connectivity index (χ3v) is 5.22. The van der Waals surface area contributed by atoms with Crippen LogP contribution in [-0.2, 0) is 0 Å². The molecule has 28 heavy (non-hydrogen) atoms. The predicted molar refractivity (Wildman–Crippen MR) is 108 cm³/mol. The van der Waals surface area contributed by atoms with Gasteiger partial charge < -0.3 is 10.1 Å². The molecule has 2 aromatic carbocycles. The van der Waals surface area contributed by atoms with Crippen LogP contribution in [0.25, 0.3) is 4.96 Å². The van der Waals surface area contributed by atoms with Crippen LogP contribution in [0, 0.1) is 0 Å². The fourth-order valence-electron chi connectivity index (χ4n) is 2.99. The molecule has 0 saturated heterocycles. The van der Waals surface area contributed by atoms with Crippen molar-refractivity contribution in [3.8, 4) is 5.75 Å². The summed E-state index contributed by atoms with van der Waals surface area (Å²) in [5.74, 6) is 0.259. The lowest BCUT2D eigenvalue weighted by molar-refractivity contribution is 0.0941. The van der Waals surface area contributed by atoms with Crippen molar-refractivity contribution in [1.82, 2.24) is 14.7 Å². The molecule has 0 fully saturated rings. The Bertz CT molecular complexity index is 1170. The van der Waals surface area contributed by atoms with E-state index in [1.165, 1.54) is 21.9 Å². The third-order valence-electron chi connectivity index (χ3n) is 4.44. The lowest BCUT2D eigenvalue weighted by atomic mass is 9.98. The monoisotopic (exact) mass is 391 g/mol. The van der Waals surface area contributed by atoms with Gasteiger partial charge in [-0.2, -0.15) is 0 Å². The molecule has 0 bridgehead atoms. The van der Waals surface area contributed by atoms with Gasteiger partial charge in [0.15, 0.2) is 4.96 Å². The summed E-state index contributed by atoms with van der Waals surface area (Å²) in [5.41, 5.74) is 1.41. The Hall–Kier alpha value is -3.45. The summed E-state index contributed by atoms with van der Waals surface area (Å²) in [7, 11) is 1.60. The highest BCUT2D eigenvalue weighted by atomic mass is 32.1. The first-order chi connectivity index (χ1) is 13.7. The molecule has 0 saturated carbocycles. The Labute approximate surface area is 165 Å². The van der Waals surface area contributed by atoms with E-state index < -0.39 is 11.9 Å². The number of rotatable bonds is 5. The molecule has 1 unspecified atom stereocenters. The molecule has 0 spiro atoms. The van der Waals surface area contributed by atoms with Crippen LogP contribution in [0.5, 0.6) is 5.75 Å². The highest BCUT2D eigenvalue weighted by molar-refractivity contribution is 7.15. The van der Waals surface area contributed by atoms with Crippen molar-refractivity contribution in [3.63, 3.8) is 0 Å². The highest BCUT2D eigenvalue weighted by Gasteiger charge is 2.21. The van der Waals surface area contributed by atoms with Crippen LogP contribution < -0.4 is 15.6 Å². The molecule has 1 amide bonds. The van der Waals surface area contributed by atoms with Crippen molar-refractivity contribution in [1.29, 1.82) is 0 Å². The van der Waals surface area contributed by atoms with Gasteiger partial charge in [0.25, 0.3) is 11.5 Å². The van der Waals surface area contributed by atoms with Crippen LogP contribution >= 0.6 is 11.3 Å². The number of carbonyl (C=O) groups is 1. The maximum absolute atomic E-state index is 12.9. The quantitative estimate of drug-likeness (QED) is 0.567. The number of thiazole rings is 1. The summed E-state index contributed by atoms with van der Waals surface area (Å²) in [5, 5.41) is 4.73. The Kier molecular flexibility index (Phi) is 4.90. The van der Waals surface area contributed by atoms with Crippen LogP contribution in [0.15, 0.2) is 77.2 Å². The summed E-state index contributed by atoms with van der Waals surface area (Å²) in [4.78, 5) is 30.3. The summed E-state index contributed by atoms with van der Waals surface area (Å²) < 4.78 is 6.59. The van der Waals surface area contributed by atoms with E-state index in [1.54, 1.807) is 18.7 Å². The molecule has 7 heteroatoms. The molecule has 140 valence electrons. The predicted octanol–water partition coefficient (Wildman–Crippen LogP) is 3.28. The van der Waals surface area contributed by atoms with Gasteiger partial charge in [-0.05, 0) is 23.3 Å². The zero-order valence-corrected chi connectivity index (χ0v) is 15.8. The van der Waals surface area contributed by atoms with E-state index in [9.17, 15) is 9.59 Å². The minimum absolute atomic E-state index is 0.00495. The van der Waals surface area contributed by atoms with E-state index >= 15 is 0 Å². The number of nitrogens with one attached hydrogen (secondary N) is 1. The van der Waals surface area contributed by atoms with Gasteiger partial charge in [-0.1, -0.05) is 42.5 Å². The van der Waals surface area contributed by atoms with Crippen LogP contribution in [0.3, 0.4) is 0 Å². The van der Waals surface area contributed by atoms with Crippen molar-refractivity contribution in [2.45, 2.75) is 6.04 Å². The number of carbonyl (C=O) groups excluding carboxylic acids is 1. The Balaban J connectivity index is 1.71. The van der Waals surface area contributed by atoms with Crippen molar-refractivity contribution in [2.75, 3.05) is 7.11 Å². The number of aromatic nitrogens is 2. The lowest BCUT2D eigenvalue weighted by Crippen LogP contribution is -2.34. The van der Waals surface area contributed by atoms with Crippen molar-refractivity contribution in [3.05, 3.63) is 99.4 Å². The zero-order valence-electron chi connectivity index (χ0n) is 15.0. The maximum Gasteiger partial charge on any atom is 0.271 e. The van der Waals surface area contributed by atoms with E-state index in [4.69, 9.17) is 4.74 Å². The largest absolute Gasteiger partial charge is 0.497 e. The van der Waals surface area contributed by atoms with E-state index in [2.05, 4.69) is 10.3 Å². The average molecular weight is 391 g/mol. The van der Waals surface area contributed by atoms with Crippen molar-refractivity contribution < 1.29 is 9.53 Å². The number of nitrogens with zero attached hydrogens (tertiary/aromatic N) is 2. The topological polar surface area (TPSA) is 72.7 Å². The smallest absolute Gasteiger partial charge is 0.271 e. The number of hydrogen-bond donors (Lipinski definition) is 1. The molecule has 0 aliphatic heterocycles. The van der Waals surface area contributed by atoms with Gasteiger partial charge in [-0.25, -0.2) is 4.98 Å². The summed E-state index contributed by atoms with van der Waals surface area (Å²) >= 11 is 1.34. The van der Waals surface area contributed by atoms with E-state index in [1.807, 2.05) is 54.6 Å². The minimum atomic E-state index is -0.470. The van der Waals surface area contributed by atoms with Gasteiger partial charge >= 0.3 is 0 Å². The van der Waals surface area contributed by atoms with Crippen molar-refractivity contribution >= 4 is 22.2 Å². The van der Waals surface area contributed by atoms with Gasteiger partial charge in [-0.3, -0.25) is 14.0 Å². The molecule has 6 nitrogen and oxygen atoms in total. The number of ether oxygens (including phenoxy) is 1. The molecular formula is C21H17N3O3S. The van der Waals surface area contributed by atoms with Gasteiger partial charge in [0.1, 0.15) is 11.3 Å².